The number of esters is 1. The number of thioether (sulfide) groups is 1. The molecular formula is C18H24O4S. The Bertz CT molecular complexity index is 513. The van der Waals surface area contributed by atoms with Crippen molar-refractivity contribution in [1.82, 2.24) is 0 Å². The van der Waals surface area contributed by atoms with Crippen LogP contribution >= 0.6 is 11.8 Å². The molecule has 0 N–H and O–H groups in total. The third kappa shape index (κ3) is 6.57. The second-order valence-corrected chi connectivity index (χ2v) is 6.99. The summed E-state index contributed by atoms with van der Waals surface area (Å²) in [5.41, 5.74) is 0.876. The molecule has 0 saturated carbocycles. The van der Waals surface area contributed by atoms with Gasteiger partial charge >= 0.3 is 5.97 Å². The van der Waals surface area contributed by atoms with Crippen LogP contribution in [0.4, 0.5) is 0 Å². The Labute approximate surface area is 142 Å². The molecule has 2 atom stereocenters. The van der Waals surface area contributed by atoms with E-state index in [1.807, 2.05) is 51.1 Å². The molecule has 4 nitrogen and oxygen atoms in total. The fourth-order valence-electron chi connectivity index (χ4n) is 2.33. The predicted molar refractivity (Wildman–Crippen MR) is 91.9 cm³/mol. The maximum atomic E-state index is 12.4. The zero-order chi connectivity index (χ0) is 17.2. The predicted octanol–water partition coefficient (Wildman–Crippen LogP) is 3.49. The number of carbonyl (C=O) groups is 3. The fourth-order valence-corrected chi connectivity index (χ4v) is 2.95. The van der Waals surface area contributed by atoms with Gasteiger partial charge in [-0.25, -0.2) is 0 Å². The van der Waals surface area contributed by atoms with Crippen LogP contribution in [0.25, 0.3) is 0 Å². The van der Waals surface area contributed by atoms with E-state index >= 15 is 0 Å². The van der Waals surface area contributed by atoms with Gasteiger partial charge in [0.05, 0.1) is 5.92 Å². The summed E-state index contributed by atoms with van der Waals surface area (Å²) < 4.78 is 5.34. The van der Waals surface area contributed by atoms with Crippen molar-refractivity contribution in [2.24, 2.45) is 17.8 Å². The van der Waals surface area contributed by atoms with E-state index in [0.29, 0.717) is 5.75 Å². The average molecular weight is 336 g/mol. The van der Waals surface area contributed by atoms with Crippen molar-refractivity contribution in [3.05, 3.63) is 35.9 Å². The average Bonchev–Trinajstić information content (AvgIpc) is 2.53. The topological polar surface area (TPSA) is 60.4 Å². The molecule has 0 aliphatic carbocycles. The van der Waals surface area contributed by atoms with Crippen LogP contribution in [0.5, 0.6) is 0 Å². The van der Waals surface area contributed by atoms with Crippen molar-refractivity contribution in [2.75, 3.05) is 5.75 Å². The molecule has 0 aromatic heterocycles. The van der Waals surface area contributed by atoms with Gasteiger partial charge in [0.2, 0.25) is 0 Å². The van der Waals surface area contributed by atoms with Crippen molar-refractivity contribution in [3.8, 4) is 0 Å². The summed E-state index contributed by atoms with van der Waals surface area (Å²) in [6, 6.07) is 9.34. The van der Waals surface area contributed by atoms with Gasteiger partial charge in [-0.15, -0.1) is 0 Å². The van der Waals surface area contributed by atoms with E-state index in [1.54, 1.807) is 0 Å². The van der Waals surface area contributed by atoms with Crippen molar-refractivity contribution in [3.63, 3.8) is 0 Å². The minimum atomic E-state index is -0.720. The van der Waals surface area contributed by atoms with Gasteiger partial charge in [-0.2, -0.15) is 0 Å². The summed E-state index contributed by atoms with van der Waals surface area (Å²) in [4.78, 5) is 35.7. The molecule has 0 spiro atoms. The van der Waals surface area contributed by atoms with Crippen LogP contribution in [0.1, 0.15) is 32.8 Å². The highest BCUT2D eigenvalue weighted by molar-refractivity contribution is 8.13. The van der Waals surface area contributed by atoms with Gasteiger partial charge in [0, 0.05) is 12.3 Å². The monoisotopic (exact) mass is 336 g/mol. The molecule has 126 valence electrons. The summed E-state index contributed by atoms with van der Waals surface area (Å²) >= 11 is 1.17. The smallest absolute Gasteiger partial charge is 0.310 e. The molecule has 23 heavy (non-hydrogen) atoms. The van der Waals surface area contributed by atoms with E-state index in [4.69, 9.17) is 4.74 Å². The highest BCUT2D eigenvalue weighted by Gasteiger charge is 2.33. The molecule has 1 rings (SSSR count). The lowest BCUT2D eigenvalue weighted by atomic mass is 9.83. The standard InChI is InChI=1S/C18H24O4S/c1-4-23-17(20)10-15(16(11-19)13(2)3)18(21)22-12-14-8-6-5-7-9-14/h5-9,11,13,15-16H,4,10,12H2,1-3H3/t15-,16+/m1/s1. The van der Waals surface area contributed by atoms with Crippen LogP contribution < -0.4 is 0 Å². The highest BCUT2D eigenvalue weighted by atomic mass is 32.2. The summed E-state index contributed by atoms with van der Waals surface area (Å²) in [5.74, 6) is -1.09. The largest absolute Gasteiger partial charge is 0.461 e. The Kier molecular flexibility index (Phi) is 8.62. The number of carbonyl (C=O) groups excluding carboxylic acids is 3. The second-order valence-electron chi connectivity index (χ2n) is 5.67. The van der Waals surface area contributed by atoms with E-state index in [1.165, 1.54) is 11.8 Å². The second kappa shape index (κ2) is 10.2. The van der Waals surface area contributed by atoms with Gasteiger partial charge in [-0.05, 0) is 17.2 Å². The van der Waals surface area contributed by atoms with Gasteiger partial charge in [0.25, 0.3) is 0 Å². The van der Waals surface area contributed by atoms with Crippen LogP contribution in [-0.4, -0.2) is 23.1 Å². The Morgan fingerprint density at radius 3 is 2.39 bits per heavy atom. The molecular weight excluding hydrogens is 312 g/mol. The minimum absolute atomic E-state index is 0.0267. The maximum absolute atomic E-state index is 12.4. The van der Waals surface area contributed by atoms with Crippen LogP contribution in [0.3, 0.4) is 0 Å². The SMILES string of the molecule is CCSC(=O)C[C@@H](C(=O)OCc1ccccc1)[C@@H](C=O)C(C)C. The van der Waals surface area contributed by atoms with Crippen LogP contribution in [0, 0.1) is 17.8 Å². The van der Waals surface area contributed by atoms with E-state index < -0.39 is 17.8 Å². The summed E-state index contributed by atoms with van der Waals surface area (Å²) in [7, 11) is 0. The Balaban J connectivity index is 2.78. The third-order valence-corrected chi connectivity index (χ3v) is 4.39. The van der Waals surface area contributed by atoms with E-state index in [9.17, 15) is 14.4 Å². The number of benzene rings is 1. The van der Waals surface area contributed by atoms with Gasteiger partial charge in [0.1, 0.15) is 12.9 Å². The summed E-state index contributed by atoms with van der Waals surface area (Å²) in [6.07, 6.45) is 0.802. The van der Waals surface area contributed by atoms with Crippen molar-refractivity contribution in [2.45, 2.75) is 33.8 Å². The zero-order valence-corrected chi connectivity index (χ0v) is 14.7. The first-order valence-electron chi connectivity index (χ1n) is 7.81. The molecule has 1 aromatic carbocycles. The number of aldehydes is 1. The third-order valence-electron chi connectivity index (χ3n) is 3.61. The molecule has 0 heterocycles. The lowest BCUT2D eigenvalue weighted by Gasteiger charge is -2.23. The van der Waals surface area contributed by atoms with Crippen molar-refractivity contribution >= 4 is 29.1 Å². The first-order chi connectivity index (χ1) is 11.0. The van der Waals surface area contributed by atoms with E-state index in [2.05, 4.69) is 0 Å². The lowest BCUT2D eigenvalue weighted by molar-refractivity contribution is -0.154. The Hall–Kier alpha value is -1.62. The maximum Gasteiger partial charge on any atom is 0.310 e. The van der Waals surface area contributed by atoms with Crippen LogP contribution in [-0.2, 0) is 25.7 Å². The van der Waals surface area contributed by atoms with Gasteiger partial charge in [0.15, 0.2) is 5.12 Å². The number of hydrogen-bond donors (Lipinski definition) is 0. The fraction of sp³-hybridized carbons (Fsp3) is 0.500. The van der Waals surface area contributed by atoms with Gasteiger partial charge < -0.3 is 9.53 Å². The van der Waals surface area contributed by atoms with E-state index in [-0.39, 0.29) is 24.1 Å². The molecule has 0 amide bonds. The Morgan fingerprint density at radius 2 is 1.87 bits per heavy atom. The highest BCUT2D eigenvalue weighted by Crippen LogP contribution is 2.26. The van der Waals surface area contributed by atoms with Crippen LogP contribution in [0.15, 0.2) is 30.3 Å². The molecule has 0 saturated heterocycles. The summed E-state index contributed by atoms with van der Waals surface area (Å²) in [6.45, 7) is 5.77. The number of hydrogen-bond acceptors (Lipinski definition) is 5. The van der Waals surface area contributed by atoms with E-state index in [0.717, 1.165) is 11.8 Å². The van der Waals surface area contributed by atoms with Crippen LogP contribution in [0.2, 0.25) is 0 Å². The zero-order valence-electron chi connectivity index (χ0n) is 13.9. The first kappa shape index (κ1) is 19.4. The molecule has 0 unspecified atom stereocenters. The van der Waals surface area contributed by atoms with Gasteiger partial charge in [-0.3, -0.25) is 9.59 Å². The molecule has 0 fully saturated rings. The van der Waals surface area contributed by atoms with Crippen molar-refractivity contribution in [1.29, 1.82) is 0 Å². The number of ether oxygens (including phenoxy) is 1. The normalized spacial score (nSPS) is 13.4. The molecule has 0 aliphatic rings. The molecule has 1 aromatic rings. The number of rotatable bonds is 9. The lowest BCUT2D eigenvalue weighted by Crippen LogP contribution is -2.31. The molecule has 0 bridgehead atoms. The summed E-state index contributed by atoms with van der Waals surface area (Å²) in [5, 5.41) is -0.0818. The van der Waals surface area contributed by atoms with Crippen molar-refractivity contribution < 1.29 is 19.1 Å². The quantitative estimate of drug-likeness (QED) is 0.510. The molecule has 0 radical (unpaired) electrons. The minimum Gasteiger partial charge on any atom is -0.461 e. The molecule has 5 heteroatoms. The van der Waals surface area contributed by atoms with Gasteiger partial charge in [-0.1, -0.05) is 62.9 Å². The molecule has 0 aliphatic heterocycles. The first-order valence-corrected chi connectivity index (χ1v) is 8.79. The Morgan fingerprint density at radius 1 is 1.22 bits per heavy atom.